The predicted molar refractivity (Wildman–Crippen MR) is 49.4 cm³/mol. The summed E-state index contributed by atoms with van der Waals surface area (Å²) in [5, 5.41) is 7.94. The summed E-state index contributed by atoms with van der Waals surface area (Å²) in [6.07, 6.45) is 5.02. The standard InChI is InChI=1S/C10H16N2O/c1-7-3-5-9(6-4-7)10-12-11-8(2)13-10/h7,9H,3-6H2,1-2H3/t7-,9-. The Balaban J connectivity index is 2.02. The second kappa shape index (κ2) is 3.48. The summed E-state index contributed by atoms with van der Waals surface area (Å²) < 4.78 is 5.44. The highest BCUT2D eigenvalue weighted by molar-refractivity contribution is 4.93. The zero-order valence-corrected chi connectivity index (χ0v) is 8.29. The molecule has 0 aromatic carbocycles. The van der Waals surface area contributed by atoms with Crippen LogP contribution in [0.15, 0.2) is 4.42 Å². The van der Waals surface area contributed by atoms with Crippen LogP contribution in [0.3, 0.4) is 0 Å². The number of aryl methyl sites for hydroxylation is 1. The van der Waals surface area contributed by atoms with Gasteiger partial charge in [-0.3, -0.25) is 0 Å². The smallest absolute Gasteiger partial charge is 0.219 e. The molecule has 0 bridgehead atoms. The molecule has 1 saturated carbocycles. The molecule has 1 aliphatic rings. The summed E-state index contributed by atoms with van der Waals surface area (Å²) in [7, 11) is 0. The van der Waals surface area contributed by atoms with Gasteiger partial charge in [-0.05, 0) is 31.6 Å². The maximum absolute atomic E-state index is 5.44. The molecule has 1 aromatic rings. The molecule has 0 spiro atoms. The number of hydrogen-bond acceptors (Lipinski definition) is 3. The van der Waals surface area contributed by atoms with E-state index < -0.39 is 0 Å². The van der Waals surface area contributed by atoms with E-state index in [1.54, 1.807) is 0 Å². The zero-order valence-electron chi connectivity index (χ0n) is 8.29. The Kier molecular flexibility index (Phi) is 2.34. The van der Waals surface area contributed by atoms with Crippen LogP contribution in [0.4, 0.5) is 0 Å². The van der Waals surface area contributed by atoms with Crippen molar-refractivity contribution in [1.82, 2.24) is 10.2 Å². The molecule has 1 fully saturated rings. The van der Waals surface area contributed by atoms with Crippen molar-refractivity contribution >= 4 is 0 Å². The second-order valence-corrected chi connectivity index (χ2v) is 4.12. The molecular formula is C10H16N2O. The fourth-order valence-corrected chi connectivity index (χ4v) is 1.98. The normalized spacial score (nSPS) is 29.1. The van der Waals surface area contributed by atoms with E-state index in [2.05, 4.69) is 17.1 Å². The van der Waals surface area contributed by atoms with Gasteiger partial charge in [0, 0.05) is 12.8 Å². The number of rotatable bonds is 1. The Hall–Kier alpha value is -0.860. The summed E-state index contributed by atoms with van der Waals surface area (Å²) in [5.74, 6) is 2.94. The van der Waals surface area contributed by atoms with Gasteiger partial charge in [0.05, 0.1) is 0 Å². The maximum atomic E-state index is 5.44. The lowest BCUT2D eigenvalue weighted by atomic mass is 9.83. The molecule has 13 heavy (non-hydrogen) atoms. The average molecular weight is 180 g/mol. The van der Waals surface area contributed by atoms with Gasteiger partial charge >= 0.3 is 0 Å². The van der Waals surface area contributed by atoms with Crippen molar-refractivity contribution in [2.75, 3.05) is 0 Å². The molecule has 0 atom stereocenters. The molecule has 3 heteroatoms. The lowest BCUT2D eigenvalue weighted by Gasteiger charge is -2.23. The molecule has 0 aliphatic heterocycles. The first kappa shape index (κ1) is 8.73. The molecule has 0 N–H and O–H groups in total. The van der Waals surface area contributed by atoms with Crippen LogP contribution in [0.5, 0.6) is 0 Å². The van der Waals surface area contributed by atoms with Crippen molar-refractivity contribution in [3.63, 3.8) is 0 Å². The Morgan fingerprint density at radius 3 is 2.38 bits per heavy atom. The highest BCUT2D eigenvalue weighted by Crippen LogP contribution is 2.34. The van der Waals surface area contributed by atoms with E-state index in [1.807, 2.05) is 6.92 Å². The molecule has 72 valence electrons. The van der Waals surface area contributed by atoms with Gasteiger partial charge in [0.15, 0.2) is 0 Å². The first-order valence-electron chi connectivity index (χ1n) is 5.05. The van der Waals surface area contributed by atoms with Crippen molar-refractivity contribution in [2.45, 2.75) is 45.4 Å². The molecule has 3 nitrogen and oxygen atoms in total. The van der Waals surface area contributed by atoms with Gasteiger partial charge in [-0.15, -0.1) is 10.2 Å². The molecule has 1 aliphatic carbocycles. The van der Waals surface area contributed by atoms with Gasteiger partial charge in [-0.25, -0.2) is 0 Å². The third-order valence-electron chi connectivity index (χ3n) is 2.91. The van der Waals surface area contributed by atoms with Gasteiger partial charge in [0.2, 0.25) is 11.8 Å². The van der Waals surface area contributed by atoms with Gasteiger partial charge in [-0.2, -0.15) is 0 Å². The maximum Gasteiger partial charge on any atom is 0.219 e. The molecule has 0 amide bonds. The predicted octanol–water partition coefficient (Wildman–Crippen LogP) is 2.67. The highest BCUT2D eigenvalue weighted by atomic mass is 16.4. The fraction of sp³-hybridized carbons (Fsp3) is 0.800. The van der Waals surface area contributed by atoms with Gasteiger partial charge < -0.3 is 4.42 Å². The summed E-state index contributed by atoms with van der Waals surface area (Å²) in [4.78, 5) is 0. The van der Waals surface area contributed by atoms with Crippen molar-refractivity contribution < 1.29 is 4.42 Å². The molecule has 0 saturated heterocycles. The summed E-state index contributed by atoms with van der Waals surface area (Å²) in [5.41, 5.74) is 0. The Morgan fingerprint density at radius 1 is 1.15 bits per heavy atom. The molecule has 0 radical (unpaired) electrons. The largest absolute Gasteiger partial charge is 0.425 e. The van der Waals surface area contributed by atoms with Crippen LogP contribution in [0.2, 0.25) is 0 Å². The highest BCUT2D eigenvalue weighted by Gasteiger charge is 2.23. The molecule has 2 rings (SSSR count). The zero-order chi connectivity index (χ0) is 9.26. The number of hydrogen-bond donors (Lipinski definition) is 0. The Morgan fingerprint density at radius 2 is 1.85 bits per heavy atom. The van der Waals surface area contributed by atoms with Crippen molar-refractivity contribution in [1.29, 1.82) is 0 Å². The molecule has 0 unspecified atom stereocenters. The van der Waals surface area contributed by atoms with E-state index in [1.165, 1.54) is 25.7 Å². The Labute approximate surface area is 78.5 Å². The fourth-order valence-electron chi connectivity index (χ4n) is 1.98. The van der Waals surface area contributed by atoms with Crippen LogP contribution >= 0.6 is 0 Å². The lowest BCUT2D eigenvalue weighted by molar-refractivity contribution is 0.304. The van der Waals surface area contributed by atoms with E-state index in [4.69, 9.17) is 4.42 Å². The van der Waals surface area contributed by atoms with E-state index in [0.717, 1.165) is 11.8 Å². The molecule has 1 aromatic heterocycles. The molecule has 1 heterocycles. The van der Waals surface area contributed by atoms with Gasteiger partial charge in [-0.1, -0.05) is 6.92 Å². The van der Waals surface area contributed by atoms with Crippen LogP contribution in [-0.4, -0.2) is 10.2 Å². The third-order valence-corrected chi connectivity index (χ3v) is 2.91. The SMILES string of the molecule is Cc1nnc([C@H]2CC[C@H](C)CC2)o1. The van der Waals surface area contributed by atoms with E-state index in [9.17, 15) is 0 Å². The average Bonchev–Trinajstić information content (AvgIpc) is 2.53. The minimum absolute atomic E-state index is 0.525. The summed E-state index contributed by atoms with van der Waals surface area (Å²) in [6, 6.07) is 0. The monoisotopic (exact) mass is 180 g/mol. The van der Waals surface area contributed by atoms with E-state index in [0.29, 0.717) is 11.8 Å². The Bertz CT molecular complexity index is 274. The number of aromatic nitrogens is 2. The minimum Gasteiger partial charge on any atom is -0.425 e. The summed E-state index contributed by atoms with van der Waals surface area (Å²) >= 11 is 0. The lowest BCUT2D eigenvalue weighted by Crippen LogP contribution is -2.10. The number of nitrogens with zero attached hydrogens (tertiary/aromatic N) is 2. The van der Waals surface area contributed by atoms with Crippen LogP contribution in [0, 0.1) is 12.8 Å². The van der Waals surface area contributed by atoms with Crippen molar-refractivity contribution in [2.24, 2.45) is 5.92 Å². The van der Waals surface area contributed by atoms with Crippen LogP contribution in [-0.2, 0) is 0 Å². The molecular weight excluding hydrogens is 164 g/mol. The minimum atomic E-state index is 0.525. The quantitative estimate of drug-likeness (QED) is 0.667. The first-order valence-corrected chi connectivity index (χ1v) is 5.05. The summed E-state index contributed by atoms with van der Waals surface area (Å²) in [6.45, 7) is 4.16. The van der Waals surface area contributed by atoms with Gasteiger partial charge in [0.25, 0.3) is 0 Å². The second-order valence-electron chi connectivity index (χ2n) is 4.12. The van der Waals surface area contributed by atoms with Crippen molar-refractivity contribution in [3.8, 4) is 0 Å². The van der Waals surface area contributed by atoms with E-state index in [-0.39, 0.29) is 0 Å². The van der Waals surface area contributed by atoms with Crippen LogP contribution in [0.25, 0.3) is 0 Å². The topological polar surface area (TPSA) is 38.9 Å². The van der Waals surface area contributed by atoms with Gasteiger partial charge in [0.1, 0.15) is 0 Å². The third kappa shape index (κ3) is 1.90. The van der Waals surface area contributed by atoms with E-state index >= 15 is 0 Å². The van der Waals surface area contributed by atoms with Crippen LogP contribution in [0.1, 0.15) is 50.3 Å². The van der Waals surface area contributed by atoms with Crippen molar-refractivity contribution in [3.05, 3.63) is 11.8 Å². The first-order chi connectivity index (χ1) is 6.25. The van der Waals surface area contributed by atoms with Crippen LogP contribution < -0.4 is 0 Å².